The average molecular weight is 365 g/mol. The molecule has 0 atom stereocenters. The fourth-order valence-electron chi connectivity index (χ4n) is 1.82. The number of fused-ring (bicyclic) bond motifs is 1. The molecule has 0 saturated carbocycles. The normalized spacial score (nSPS) is 14.4. The second-order valence-electron chi connectivity index (χ2n) is 4.27. The molecule has 1 heterocycles. The van der Waals surface area contributed by atoms with Crippen LogP contribution in [0.2, 0.25) is 0 Å². The first-order valence-electron chi connectivity index (χ1n) is 5.68. The van der Waals surface area contributed by atoms with Gasteiger partial charge >= 0.3 is 6.18 Å². The Labute approximate surface area is 125 Å². The number of nitrogens with zero attached hydrogens (tertiary/aromatic N) is 1. The van der Waals surface area contributed by atoms with Gasteiger partial charge in [0.15, 0.2) is 0 Å². The molecule has 0 spiro atoms. The van der Waals surface area contributed by atoms with Crippen molar-refractivity contribution in [3.05, 3.63) is 28.2 Å². The van der Waals surface area contributed by atoms with Crippen molar-refractivity contribution in [3.63, 3.8) is 0 Å². The van der Waals surface area contributed by atoms with Crippen LogP contribution in [0.4, 0.5) is 18.9 Å². The third-order valence-electron chi connectivity index (χ3n) is 2.72. The molecule has 1 aromatic carbocycles. The van der Waals surface area contributed by atoms with Crippen LogP contribution in [-0.4, -0.2) is 36.9 Å². The number of anilines is 1. The maximum atomic E-state index is 12.0. The van der Waals surface area contributed by atoms with Crippen LogP contribution >= 0.6 is 15.9 Å². The monoisotopic (exact) mass is 364 g/mol. The molecule has 5 nitrogen and oxygen atoms in total. The van der Waals surface area contributed by atoms with E-state index < -0.39 is 36.9 Å². The summed E-state index contributed by atoms with van der Waals surface area (Å²) >= 11 is 3.16. The number of rotatable bonds is 3. The summed E-state index contributed by atoms with van der Waals surface area (Å²) in [6.07, 6.45) is -4.54. The van der Waals surface area contributed by atoms with E-state index >= 15 is 0 Å². The molecular formula is C12H8BrF3N2O3. The largest absolute Gasteiger partial charge is 0.405 e. The molecule has 0 fully saturated rings. The number of hydrogen-bond acceptors (Lipinski definition) is 3. The summed E-state index contributed by atoms with van der Waals surface area (Å²) in [5.41, 5.74) is 0.313. The van der Waals surface area contributed by atoms with Crippen LogP contribution in [-0.2, 0) is 9.59 Å². The zero-order valence-electron chi connectivity index (χ0n) is 10.3. The van der Waals surface area contributed by atoms with E-state index in [-0.39, 0.29) is 11.3 Å². The molecule has 1 aliphatic heterocycles. The number of hydrogen-bond donors (Lipinski definition) is 1. The number of nitrogens with one attached hydrogen (secondary N) is 1. The molecule has 0 radical (unpaired) electrons. The molecule has 0 aromatic heterocycles. The number of benzene rings is 1. The van der Waals surface area contributed by atoms with E-state index in [0.29, 0.717) is 4.47 Å². The average Bonchev–Trinajstić information content (AvgIpc) is 2.60. The van der Waals surface area contributed by atoms with Crippen LogP contribution in [0.25, 0.3) is 0 Å². The van der Waals surface area contributed by atoms with E-state index in [1.165, 1.54) is 12.1 Å². The number of Topliss-reactive ketones (excluding diaryl/α,β-unsaturated/α-hetero) is 1. The van der Waals surface area contributed by atoms with Gasteiger partial charge in [0, 0.05) is 4.47 Å². The lowest BCUT2D eigenvalue weighted by atomic mass is 10.1. The van der Waals surface area contributed by atoms with Gasteiger partial charge in [-0.05, 0) is 18.2 Å². The van der Waals surface area contributed by atoms with Crippen molar-refractivity contribution in [2.24, 2.45) is 0 Å². The zero-order valence-corrected chi connectivity index (χ0v) is 11.9. The minimum absolute atomic E-state index is 0.117. The lowest BCUT2D eigenvalue weighted by Crippen LogP contribution is -2.43. The maximum absolute atomic E-state index is 12.0. The van der Waals surface area contributed by atoms with Crippen molar-refractivity contribution < 1.29 is 27.6 Å². The minimum atomic E-state index is -4.54. The Kier molecular flexibility index (Phi) is 4.04. The van der Waals surface area contributed by atoms with Gasteiger partial charge in [0.1, 0.15) is 13.1 Å². The molecule has 9 heteroatoms. The molecule has 1 aromatic rings. The van der Waals surface area contributed by atoms with Crippen LogP contribution in [0.3, 0.4) is 0 Å². The molecule has 0 bridgehead atoms. The van der Waals surface area contributed by atoms with Crippen molar-refractivity contribution >= 4 is 39.2 Å². The Hall–Kier alpha value is -1.90. The van der Waals surface area contributed by atoms with Gasteiger partial charge in [-0.1, -0.05) is 15.9 Å². The second-order valence-corrected chi connectivity index (χ2v) is 5.19. The van der Waals surface area contributed by atoms with Gasteiger partial charge in [-0.3, -0.25) is 19.3 Å². The first-order chi connectivity index (χ1) is 9.69. The molecule has 0 aliphatic carbocycles. The Morgan fingerprint density at radius 3 is 2.57 bits per heavy atom. The van der Waals surface area contributed by atoms with Gasteiger partial charge in [0.05, 0.1) is 11.3 Å². The minimum Gasteiger partial charge on any atom is -0.345 e. The van der Waals surface area contributed by atoms with Crippen molar-refractivity contribution in [2.45, 2.75) is 6.18 Å². The maximum Gasteiger partial charge on any atom is 0.405 e. The summed E-state index contributed by atoms with van der Waals surface area (Å²) in [7, 11) is 0. The molecule has 2 rings (SSSR count). The highest BCUT2D eigenvalue weighted by atomic mass is 79.9. The van der Waals surface area contributed by atoms with Crippen LogP contribution in [0.5, 0.6) is 0 Å². The third kappa shape index (κ3) is 3.41. The molecule has 0 unspecified atom stereocenters. The Bertz CT molecular complexity index is 631. The van der Waals surface area contributed by atoms with E-state index in [1.807, 2.05) is 0 Å². The summed E-state index contributed by atoms with van der Waals surface area (Å²) < 4.78 is 36.6. The lowest BCUT2D eigenvalue weighted by Gasteiger charge is -2.16. The summed E-state index contributed by atoms with van der Waals surface area (Å²) in [6.45, 7) is -2.14. The summed E-state index contributed by atoms with van der Waals surface area (Å²) in [4.78, 5) is 35.8. The fourth-order valence-corrected chi connectivity index (χ4v) is 2.17. The van der Waals surface area contributed by atoms with Gasteiger partial charge in [-0.2, -0.15) is 13.2 Å². The third-order valence-corrected chi connectivity index (χ3v) is 3.22. The number of ketones is 1. The molecule has 1 N–H and O–H groups in total. The van der Waals surface area contributed by atoms with Crippen LogP contribution in [0, 0.1) is 0 Å². The number of amides is 2. The Balaban J connectivity index is 2.14. The fraction of sp³-hybridized carbons (Fsp3) is 0.250. The molecule has 112 valence electrons. The Morgan fingerprint density at radius 1 is 1.29 bits per heavy atom. The van der Waals surface area contributed by atoms with Crippen LogP contribution in [0.15, 0.2) is 22.7 Å². The predicted octanol–water partition coefficient (Wildman–Crippen LogP) is 1.66. The van der Waals surface area contributed by atoms with E-state index in [9.17, 15) is 27.6 Å². The SMILES string of the molecule is O=C(CN1C(=O)C(=O)c2ccc(Br)cc21)NCC(F)(F)F. The van der Waals surface area contributed by atoms with Crippen molar-refractivity contribution in [3.8, 4) is 0 Å². The van der Waals surface area contributed by atoms with Gasteiger partial charge in [-0.25, -0.2) is 0 Å². The smallest absolute Gasteiger partial charge is 0.345 e. The van der Waals surface area contributed by atoms with E-state index in [2.05, 4.69) is 15.9 Å². The van der Waals surface area contributed by atoms with Crippen LogP contribution in [0.1, 0.15) is 10.4 Å². The van der Waals surface area contributed by atoms with Crippen molar-refractivity contribution in [1.29, 1.82) is 0 Å². The molecule has 1 aliphatic rings. The lowest BCUT2D eigenvalue weighted by molar-refractivity contribution is -0.137. The molecule has 2 amide bonds. The highest BCUT2D eigenvalue weighted by Crippen LogP contribution is 2.31. The quantitative estimate of drug-likeness (QED) is 0.829. The molecular weight excluding hydrogens is 357 g/mol. The van der Waals surface area contributed by atoms with Gasteiger partial charge in [-0.15, -0.1) is 0 Å². The van der Waals surface area contributed by atoms with Gasteiger partial charge < -0.3 is 5.32 Å². The topological polar surface area (TPSA) is 66.5 Å². The highest BCUT2D eigenvalue weighted by molar-refractivity contribution is 9.10. The van der Waals surface area contributed by atoms with Gasteiger partial charge in [0.25, 0.3) is 11.7 Å². The van der Waals surface area contributed by atoms with Crippen molar-refractivity contribution in [1.82, 2.24) is 5.32 Å². The van der Waals surface area contributed by atoms with E-state index in [0.717, 1.165) is 4.90 Å². The predicted molar refractivity (Wildman–Crippen MR) is 69.9 cm³/mol. The Morgan fingerprint density at radius 2 is 1.95 bits per heavy atom. The van der Waals surface area contributed by atoms with E-state index in [4.69, 9.17) is 0 Å². The first kappa shape index (κ1) is 15.5. The number of carbonyl (C=O) groups excluding carboxylic acids is 3. The number of carbonyl (C=O) groups is 3. The van der Waals surface area contributed by atoms with Gasteiger partial charge in [0.2, 0.25) is 5.91 Å². The molecule has 0 saturated heterocycles. The first-order valence-corrected chi connectivity index (χ1v) is 6.47. The number of alkyl halides is 3. The zero-order chi connectivity index (χ0) is 15.8. The number of halogens is 4. The van der Waals surface area contributed by atoms with Crippen LogP contribution < -0.4 is 10.2 Å². The summed E-state index contributed by atoms with van der Waals surface area (Å²) in [6, 6.07) is 4.42. The summed E-state index contributed by atoms with van der Waals surface area (Å²) in [5.74, 6) is -2.73. The highest BCUT2D eigenvalue weighted by Gasteiger charge is 2.37. The van der Waals surface area contributed by atoms with Crippen molar-refractivity contribution in [2.75, 3.05) is 18.0 Å². The summed E-state index contributed by atoms with van der Waals surface area (Å²) in [5, 5.41) is 1.65. The standard InChI is InChI=1S/C12H8BrF3N2O3/c13-6-1-2-7-8(3-6)18(11(21)10(7)20)4-9(19)17-5-12(14,15)16/h1-3H,4-5H2,(H,17,19). The molecule has 21 heavy (non-hydrogen) atoms. The second kappa shape index (κ2) is 5.47. The van der Waals surface area contributed by atoms with E-state index in [1.54, 1.807) is 11.4 Å².